The van der Waals surface area contributed by atoms with Crippen LogP contribution in [-0.2, 0) is 10.9 Å². The predicted molar refractivity (Wildman–Crippen MR) is 65.5 cm³/mol. The lowest BCUT2D eigenvalue weighted by Gasteiger charge is -2.35. The van der Waals surface area contributed by atoms with Gasteiger partial charge in [0.15, 0.2) is 0 Å². The van der Waals surface area contributed by atoms with E-state index < -0.39 is 17.6 Å². The highest BCUT2D eigenvalue weighted by molar-refractivity contribution is 5.69. The molecule has 6 heteroatoms. The zero-order valence-corrected chi connectivity index (χ0v) is 10.5. The molecule has 108 valence electrons. The molecule has 2 unspecified atom stereocenters. The van der Waals surface area contributed by atoms with Crippen LogP contribution in [0.1, 0.15) is 17.5 Å². The molecular formula is C14H13F4NO. The molecule has 0 aliphatic carbocycles. The van der Waals surface area contributed by atoms with Crippen molar-refractivity contribution in [3.8, 4) is 0 Å². The first-order valence-electron chi connectivity index (χ1n) is 6.35. The van der Waals surface area contributed by atoms with E-state index in [0.29, 0.717) is 25.2 Å². The first-order valence-corrected chi connectivity index (χ1v) is 6.35. The number of halogens is 4. The molecule has 1 fully saturated rings. The van der Waals surface area contributed by atoms with E-state index in [1.807, 2.05) is 0 Å². The van der Waals surface area contributed by atoms with Crippen LogP contribution in [0, 0.1) is 5.82 Å². The summed E-state index contributed by atoms with van der Waals surface area (Å²) in [5.41, 5.74) is -0.168. The van der Waals surface area contributed by atoms with Crippen molar-refractivity contribution in [1.82, 2.24) is 5.32 Å². The molecular weight excluding hydrogens is 274 g/mol. The van der Waals surface area contributed by atoms with Gasteiger partial charge in [0, 0.05) is 17.6 Å². The number of hydrogen-bond donors (Lipinski definition) is 1. The van der Waals surface area contributed by atoms with Crippen molar-refractivity contribution in [2.75, 3.05) is 13.2 Å². The van der Waals surface area contributed by atoms with Gasteiger partial charge in [0.25, 0.3) is 0 Å². The van der Waals surface area contributed by atoms with Crippen molar-refractivity contribution < 1.29 is 22.3 Å². The van der Waals surface area contributed by atoms with E-state index in [0.717, 1.165) is 18.2 Å². The van der Waals surface area contributed by atoms with E-state index in [4.69, 9.17) is 4.74 Å². The summed E-state index contributed by atoms with van der Waals surface area (Å²) >= 11 is 0. The van der Waals surface area contributed by atoms with E-state index in [2.05, 4.69) is 5.32 Å². The normalized spacial score (nSPS) is 26.3. The molecule has 3 rings (SSSR count). The summed E-state index contributed by atoms with van der Waals surface area (Å²) in [4.78, 5) is 0. The van der Waals surface area contributed by atoms with Gasteiger partial charge in [-0.2, -0.15) is 13.2 Å². The Kier molecular flexibility index (Phi) is 3.30. The predicted octanol–water partition coefficient (Wildman–Crippen LogP) is 2.99. The van der Waals surface area contributed by atoms with Gasteiger partial charge in [0.2, 0.25) is 0 Å². The summed E-state index contributed by atoms with van der Waals surface area (Å²) < 4.78 is 57.4. The molecule has 2 heterocycles. The van der Waals surface area contributed by atoms with Gasteiger partial charge in [-0.25, -0.2) is 4.39 Å². The van der Waals surface area contributed by atoms with E-state index in [9.17, 15) is 17.6 Å². The lowest BCUT2D eigenvalue weighted by atomic mass is 9.90. The number of rotatable bonds is 1. The van der Waals surface area contributed by atoms with Gasteiger partial charge in [-0.05, 0) is 30.2 Å². The minimum Gasteiger partial charge on any atom is -0.378 e. The lowest BCUT2D eigenvalue weighted by Crippen LogP contribution is -2.50. The van der Waals surface area contributed by atoms with E-state index >= 15 is 0 Å². The third kappa shape index (κ3) is 2.58. The molecule has 2 bridgehead atoms. The van der Waals surface area contributed by atoms with Crippen molar-refractivity contribution >= 4 is 5.57 Å². The number of ether oxygens (including phenoxy) is 1. The van der Waals surface area contributed by atoms with Crippen molar-refractivity contribution in [1.29, 1.82) is 0 Å². The fourth-order valence-electron chi connectivity index (χ4n) is 2.67. The molecule has 0 amide bonds. The SMILES string of the molecule is Fc1ccc(C(F)(F)F)cc1C1=CC2COCC(C1)N2. The Morgan fingerprint density at radius 2 is 2.00 bits per heavy atom. The molecule has 1 N–H and O–H groups in total. The van der Waals surface area contributed by atoms with Crippen LogP contribution in [0.5, 0.6) is 0 Å². The maximum atomic E-state index is 13.9. The molecule has 1 aromatic rings. The molecule has 20 heavy (non-hydrogen) atoms. The Bertz CT molecular complexity index is 553. The van der Waals surface area contributed by atoms with Crippen LogP contribution in [0.3, 0.4) is 0 Å². The first kappa shape index (κ1) is 13.6. The van der Waals surface area contributed by atoms with Gasteiger partial charge >= 0.3 is 6.18 Å². The number of alkyl halides is 3. The van der Waals surface area contributed by atoms with Crippen molar-refractivity contribution in [2.24, 2.45) is 0 Å². The second kappa shape index (κ2) is 4.86. The summed E-state index contributed by atoms with van der Waals surface area (Å²) in [6.07, 6.45) is -2.24. The summed E-state index contributed by atoms with van der Waals surface area (Å²) in [5, 5.41) is 3.27. The Labute approximate surface area is 113 Å². The highest BCUT2D eigenvalue weighted by atomic mass is 19.4. The average Bonchev–Trinajstić information content (AvgIpc) is 2.37. The molecule has 0 radical (unpaired) electrons. The Hall–Kier alpha value is -1.40. The van der Waals surface area contributed by atoms with Crippen LogP contribution < -0.4 is 5.32 Å². The van der Waals surface area contributed by atoms with Crippen LogP contribution in [0.25, 0.3) is 5.57 Å². The van der Waals surface area contributed by atoms with Gasteiger partial charge in [-0.15, -0.1) is 0 Å². The summed E-state index contributed by atoms with van der Waals surface area (Å²) in [7, 11) is 0. The topological polar surface area (TPSA) is 21.3 Å². The summed E-state index contributed by atoms with van der Waals surface area (Å²) in [6.45, 7) is 0.953. The maximum Gasteiger partial charge on any atom is 0.416 e. The van der Waals surface area contributed by atoms with Crippen LogP contribution in [-0.4, -0.2) is 25.3 Å². The first-order chi connectivity index (χ1) is 9.43. The largest absolute Gasteiger partial charge is 0.416 e. The molecule has 0 spiro atoms. The lowest BCUT2D eigenvalue weighted by molar-refractivity contribution is -0.137. The monoisotopic (exact) mass is 287 g/mol. The Balaban J connectivity index is 1.99. The second-order valence-corrected chi connectivity index (χ2v) is 5.10. The number of hydrogen-bond acceptors (Lipinski definition) is 2. The highest BCUT2D eigenvalue weighted by Gasteiger charge is 2.33. The minimum absolute atomic E-state index is 0.0303. The standard InChI is InChI=1S/C14H13F4NO/c15-13-2-1-9(14(16,17)18)5-12(13)8-3-10-6-20-7-11(4-8)19-10/h1-3,5,10-11,19H,4,6-7H2. The van der Waals surface area contributed by atoms with Gasteiger partial charge in [-0.1, -0.05) is 6.08 Å². The van der Waals surface area contributed by atoms with E-state index in [1.165, 1.54) is 0 Å². The maximum absolute atomic E-state index is 13.9. The fraction of sp³-hybridized carbons (Fsp3) is 0.429. The molecule has 0 saturated carbocycles. The van der Waals surface area contributed by atoms with Crippen molar-refractivity contribution in [3.63, 3.8) is 0 Å². The zero-order chi connectivity index (χ0) is 14.3. The molecule has 1 saturated heterocycles. The van der Waals surface area contributed by atoms with Crippen molar-refractivity contribution in [3.05, 3.63) is 41.2 Å². The van der Waals surface area contributed by atoms with Crippen LogP contribution in [0.4, 0.5) is 17.6 Å². The number of nitrogens with one attached hydrogen (secondary N) is 1. The van der Waals surface area contributed by atoms with Crippen LogP contribution in [0.2, 0.25) is 0 Å². The Morgan fingerprint density at radius 3 is 2.70 bits per heavy atom. The summed E-state index contributed by atoms with van der Waals surface area (Å²) in [6, 6.07) is 2.51. The zero-order valence-electron chi connectivity index (χ0n) is 10.5. The third-order valence-electron chi connectivity index (χ3n) is 3.57. The third-order valence-corrected chi connectivity index (χ3v) is 3.57. The molecule has 0 aromatic heterocycles. The smallest absolute Gasteiger partial charge is 0.378 e. The van der Waals surface area contributed by atoms with E-state index in [1.54, 1.807) is 6.08 Å². The number of morpholine rings is 1. The van der Waals surface area contributed by atoms with Gasteiger partial charge < -0.3 is 10.1 Å². The van der Waals surface area contributed by atoms with Crippen LogP contribution in [0.15, 0.2) is 24.3 Å². The highest BCUT2D eigenvalue weighted by Crippen LogP contribution is 2.34. The fourth-order valence-corrected chi connectivity index (χ4v) is 2.67. The second-order valence-electron chi connectivity index (χ2n) is 5.10. The minimum atomic E-state index is -4.46. The molecule has 2 atom stereocenters. The quantitative estimate of drug-likeness (QED) is 0.802. The Morgan fingerprint density at radius 1 is 1.20 bits per heavy atom. The van der Waals surface area contributed by atoms with Gasteiger partial charge in [0.05, 0.1) is 18.8 Å². The van der Waals surface area contributed by atoms with Crippen LogP contribution >= 0.6 is 0 Å². The molecule has 2 aliphatic heterocycles. The molecule has 2 nitrogen and oxygen atoms in total. The summed E-state index contributed by atoms with van der Waals surface area (Å²) in [5.74, 6) is -0.620. The molecule has 2 aliphatic rings. The molecule has 1 aromatic carbocycles. The van der Waals surface area contributed by atoms with Gasteiger partial charge in [0.1, 0.15) is 5.82 Å². The van der Waals surface area contributed by atoms with E-state index in [-0.39, 0.29) is 17.6 Å². The number of fused-ring (bicyclic) bond motifs is 2. The van der Waals surface area contributed by atoms with Crippen molar-refractivity contribution in [2.45, 2.75) is 24.7 Å². The average molecular weight is 287 g/mol. The van der Waals surface area contributed by atoms with Gasteiger partial charge in [-0.3, -0.25) is 0 Å². The number of benzene rings is 1.